The second kappa shape index (κ2) is 3.55. The Morgan fingerprint density at radius 1 is 1.55 bits per heavy atom. The molecule has 1 rings (SSSR count). The van der Waals surface area contributed by atoms with E-state index in [4.69, 9.17) is 28.4 Å². The molecule has 0 amide bonds. The van der Waals surface area contributed by atoms with Gasteiger partial charge in [-0.15, -0.1) is 0 Å². The van der Waals surface area contributed by atoms with Gasteiger partial charge in [0.2, 0.25) is 0 Å². The van der Waals surface area contributed by atoms with Gasteiger partial charge in [0.1, 0.15) is 5.15 Å². The fourth-order valence-corrected chi connectivity index (χ4v) is 0.851. The molecule has 0 bridgehead atoms. The predicted octanol–water partition coefficient (Wildman–Crippen LogP) is 2.20. The Morgan fingerprint density at radius 3 is 2.82 bits per heavy atom. The third-order valence-electron chi connectivity index (χ3n) is 1.02. The zero-order valence-electron chi connectivity index (χ0n) is 5.33. The van der Waals surface area contributed by atoms with Crippen LogP contribution in [0.15, 0.2) is 17.4 Å². The molecule has 0 fully saturated rings. The molecule has 1 N–H and O–H groups in total. The summed E-state index contributed by atoms with van der Waals surface area (Å²) in [6.07, 6.45) is 2.67. The van der Waals surface area contributed by atoms with Gasteiger partial charge in [0, 0.05) is 11.8 Å². The summed E-state index contributed by atoms with van der Waals surface area (Å²) >= 11 is 11.1. The molecule has 0 radical (unpaired) electrons. The summed E-state index contributed by atoms with van der Waals surface area (Å²) in [5.41, 5.74) is 0.599. The molecule has 0 aromatic carbocycles. The van der Waals surface area contributed by atoms with Crippen molar-refractivity contribution >= 4 is 29.4 Å². The van der Waals surface area contributed by atoms with E-state index in [1.165, 1.54) is 12.4 Å². The van der Waals surface area contributed by atoms with Crippen molar-refractivity contribution in [1.29, 1.82) is 0 Å². The number of halogens is 2. The minimum absolute atomic E-state index is 0.238. The smallest absolute Gasteiger partial charge is 0.147 e. The van der Waals surface area contributed by atoms with Gasteiger partial charge in [-0.05, 0) is 6.07 Å². The highest BCUT2D eigenvalue weighted by Gasteiger charge is 1.97. The molecule has 0 saturated carbocycles. The van der Waals surface area contributed by atoms with Crippen molar-refractivity contribution in [3.8, 4) is 0 Å². The summed E-state index contributed by atoms with van der Waals surface area (Å²) in [6, 6.07) is 1.55. The van der Waals surface area contributed by atoms with Crippen LogP contribution in [-0.4, -0.2) is 16.4 Å². The lowest BCUT2D eigenvalue weighted by Crippen LogP contribution is -1.84. The third-order valence-corrected chi connectivity index (χ3v) is 1.71. The third kappa shape index (κ3) is 2.06. The molecule has 0 aliphatic carbocycles. The minimum Gasteiger partial charge on any atom is -0.411 e. The van der Waals surface area contributed by atoms with Crippen molar-refractivity contribution in [2.45, 2.75) is 0 Å². The van der Waals surface area contributed by atoms with E-state index in [-0.39, 0.29) is 5.15 Å². The zero-order chi connectivity index (χ0) is 8.27. The van der Waals surface area contributed by atoms with Crippen LogP contribution in [0.1, 0.15) is 5.56 Å². The van der Waals surface area contributed by atoms with Gasteiger partial charge >= 0.3 is 0 Å². The van der Waals surface area contributed by atoms with Gasteiger partial charge < -0.3 is 5.21 Å². The molecular weight excluding hydrogens is 187 g/mol. The van der Waals surface area contributed by atoms with Crippen LogP contribution >= 0.6 is 23.2 Å². The number of hydrogen-bond donors (Lipinski definition) is 1. The number of oxime groups is 1. The van der Waals surface area contributed by atoms with Crippen molar-refractivity contribution in [2.75, 3.05) is 0 Å². The summed E-state index contributed by atoms with van der Waals surface area (Å²) in [7, 11) is 0. The number of pyridine rings is 1. The van der Waals surface area contributed by atoms with Crippen LogP contribution in [-0.2, 0) is 0 Å². The van der Waals surface area contributed by atoms with Gasteiger partial charge in [-0.25, -0.2) is 4.98 Å². The van der Waals surface area contributed by atoms with Gasteiger partial charge in [-0.1, -0.05) is 28.4 Å². The summed E-state index contributed by atoms with van der Waals surface area (Å²) < 4.78 is 0. The van der Waals surface area contributed by atoms with Crippen molar-refractivity contribution in [1.82, 2.24) is 4.98 Å². The maximum Gasteiger partial charge on any atom is 0.147 e. The van der Waals surface area contributed by atoms with Gasteiger partial charge in [-0.3, -0.25) is 0 Å². The number of aromatic nitrogens is 1. The lowest BCUT2D eigenvalue weighted by atomic mass is 10.3. The molecule has 5 heteroatoms. The van der Waals surface area contributed by atoms with Crippen LogP contribution in [0.3, 0.4) is 0 Å². The molecule has 0 aliphatic heterocycles. The van der Waals surface area contributed by atoms with Gasteiger partial charge in [0.05, 0.1) is 11.2 Å². The van der Waals surface area contributed by atoms with Crippen molar-refractivity contribution in [3.05, 3.63) is 28.0 Å². The standard InChI is InChI=1S/C6H4Cl2N2O/c7-5-1-4(3-10-11)2-9-6(5)8/h1-3,11H/b10-3+. The zero-order valence-corrected chi connectivity index (χ0v) is 6.84. The normalized spacial score (nSPS) is 10.7. The molecule has 1 aromatic heterocycles. The van der Waals surface area contributed by atoms with Crippen LogP contribution in [0.4, 0.5) is 0 Å². The second-order valence-corrected chi connectivity index (χ2v) is 2.55. The highest BCUT2D eigenvalue weighted by molar-refractivity contribution is 6.41. The molecular formula is C6H4Cl2N2O. The molecule has 11 heavy (non-hydrogen) atoms. The molecule has 1 heterocycles. The Hall–Kier alpha value is -0.800. The number of rotatable bonds is 1. The summed E-state index contributed by atoms with van der Waals surface area (Å²) in [5.74, 6) is 0. The molecule has 1 aromatic rings. The fourth-order valence-electron chi connectivity index (χ4n) is 0.573. The fraction of sp³-hybridized carbons (Fsp3) is 0. The summed E-state index contributed by atoms with van der Waals surface area (Å²) in [6.45, 7) is 0. The first kappa shape index (κ1) is 8.30. The van der Waals surface area contributed by atoms with Crippen molar-refractivity contribution < 1.29 is 5.21 Å². The predicted molar refractivity (Wildman–Crippen MR) is 43.6 cm³/mol. The first-order valence-corrected chi connectivity index (χ1v) is 3.48. The van der Waals surface area contributed by atoms with E-state index in [1.807, 2.05) is 0 Å². The molecule has 58 valence electrons. The maximum atomic E-state index is 8.15. The van der Waals surface area contributed by atoms with E-state index in [9.17, 15) is 0 Å². The second-order valence-electron chi connectivity index (χ2n) is 1.79. The van der Waals surface area contributed by atoms with Crippen molar-refractivity contribution in [3.63, 3.8) is 0 Å². The molecule has 0 aliphatic rings. The lowest BCUT2D eigenvalue weighted by Gasteiger charge is -1.94. The van der Waals surface area contributed by atoms with E-state index in [0.717, 1.165) is 0 Å². The topological polar surface area (TPSA) is 45.5 Å². The Morgan fingerprint density at radius 2 is 2.27 bits per heavy atom. The van der Waals surface area contributed by atoms with Crippen LogP contribution in [0.5, 0.6) is 0 Å². The van der Waals surface area contributed by atoms with E-state index in [1.54, 1.807) is 6.07 Å². The number of hydrogen-bond acceptors (Lipinski definition) is 3. The highest BCUT2D eigenvalue weighted by Crippen LogP contribution is 2.18. The first-order chi connectivity index (χ1) is 5.24. The van der Waals surface area contributed by atoms with Gasteiger partial charge in [-0.2, -0.15) is 0 Å². The monoisotopic (exact) mass is 190 g/mol. The van der Waals surface area contributed by atoms with E-state index in [2.05, 4.69) is 10.1 Å². The largest absolute Gasteiger partial charge is 0.411 e. The summed E-state index contributed by atoms with van der Waals surface area (Å²) in [5, 5.41) is 11.5. The SMILES string of the molecule is O/N=C/c1cnc(Cl)c(Cl)c1. The molecule has 0 saturated heterocycles. The highest BCUT2D eigenvalue weighted by atomic mass is 35.5. The van der Waals surface area contributed by atoms with Crippen LogP contribution in [0, 0.1) is 0 Å². The minimum atomic E-state index is 0.238. The Bertz CT molecular complexity index is 288. The van der Waals surface area contributed by atoms with E-state index < -0.39 is 0 Å². The van der Waals surface area contributed by atoms with Gasteiger partial charge in [0.25, 0.3) is 0 Å². The lowest BCUT2D eigenvalue weighted by molar-refractivity contribution is 0.322. The van der Waals surface area contributed by atoms with E-state index >= 15 is 0 Å². The first-order valence-electron chi connectivity index (χ1n) is 2.72. The molecule has 0 atom stereocenters. The van der Waals surface area contributed by atoms with Crippen LogP contribution < -0.4 is 0 Å². The molecule has 0 spiro atoms. The van der Waals surface area contributed by atoms with Crippen LogP contribution in [0.25, 0.3) is 0 Å². The quantitative estimate of drug-likeness (QED) is 0.320. The number of nitrogens with zero attached hydrogens (tertiary/aromatic N) is 2. The van der Waals surface area contributed by atoms with Gasteiger partial charge in [0.15, 0.2) is 0 Å². The Labute approximate surface area is 73.3 Å². The Kier molecular flexibility index (Phi) is 2.68. The van der Waals surface area contributed by atoms with E-state index in [0.29, 0.717) is 10.6 Å². The molecule has 0 unspecified atom stereocenters. The average Bonchev–Trinajstić information content (AvgIpc) is 1.98. The maximum absolute atomic E-state index is 8.15. The molecule has 3 nitrogen and oxygen atoms in total. The Balaban J connectivity index is 3.05. The van der Waals surface area contributed by atoms with Crippen molar-refractivity contribution in [2.24, 2.45) is 5.16 Å². The summed E-state index contributed by atoms with van der Waals surface area (Å²) in [4.78, 5) is 3.73. The average molecular weight is 191 g/mol. The van der Waals surface area contributed by atoms with Crippen LogP contribution in [0.2, 0.25) is 10.2 Å².